The van der Waals surface area contributed by atoms with E-state index in [1.807, 2.05) is 0 Å². The molecule has 0 spiro atoms. The highest BCUT2D eigenvalue weighted by molar-refractivity contribution is 5.92. The number of piperazine rings is 1. The van der Waals surface area contributed by atoms with E-state index in [-0.39, 0.29) is 24.8 Å². The van der Waals surface area contributed by atoms with Crippen molar-refractivity contribution in [3.8, 4) is 0 Å². The van der Waals surface area contributed by atoms with Crippen LogP contribution in [0.4, 0.5) is 14.5 Å². The SMILES string of the molecule is O=C(CN1CCN(CCCCCF)CC1)Nc1ccccc1F. The molecule has 128 valence electrons. The number of carbonyl (C=O) groups excluding carboxylic acids is 1. The molecule has 0 saturated carbocycles. The van der Waals surface area contributed by atoms with Gasteiger partial charge in [-0.2, -0.15) is 0 Å². The number of hydrogen-bond donors (Lipinski definition) is 1. The molecule has 0 aromatic heterocycles. The van der Waals surface area contributed by atoms with Crippen LogP contribution in [-0.2, 0) is 4.79 Å². The fraction of sp³-hybridized carbons (Fsp3) is 0.588. The number of hydrogen-bond acceptors (Lipinski definition) is 3. The summed E-state index contributed by atoms with van der Waals surface area (Å²) in [5, 5.41) is 2.61. The van der Waals surface area contributed by atoms with E-state index in [0.29, 0.717) is 6.42 Å². The van der Waals surface area contributed by atoms with E-state index in [9.17, 15) is 13.6 Å². The van der Waals surface area contributed by atoms with Crippen LogP contribution >= 0.6 is 0 Å². The fourth-order valence-corrected chi connectivity index (χ4v) is 2.73. The number of anilines is 1. The summed E-state index contributed by atoms with van der Waals surface area (Å²) in [6, 6.07) is 6.18. The van der Waals surface area contributed by atoms with E-state index < -0.39 is 5.82 Å². The van der Waals surface area contributed by atoms with Crippen LogP contribution in [0.2, 0.25) is 0 Å². The molecule has 23 heavy (non-hydrogen) atoms. The number of nitrogens with one attached hydrogen (secondary N) is 1. The van der Waals surface area contributed by atoms with Gasteiger partial charge in [-0.15, -0.1) is 0 Å². The molecule has 1 heterocycles. The summed E-state index contributed by atoms with van der Waals surface area (Å²) in [4.78, 5) is 16.4. The maximum absolute atomic E-state index is 13.5. The number of benzene rings is 1. The molecule has 0 atom stereocenters. The second-order valence-electron chi connectivity index (χ2n) is 5.90. The lowest BCUT2D eigenvalue weighted by Crippen LogP contribution is -2.48. The molecule has 1 amide bonds. The van der Waals surface area contributed by atoms with Gasteiger partial charge < -0.3 is 10.2 Å². The quantitative estimate of drug-likeness (QED) is 0.746. The average molecular weight is 325 g/mol. The molecule has 1 saturated heterocycles. The third-order valence-electron chi connectivity index (χ3n) is 4.09. The molecule has 0 bridgehead atoms. The number of halogens is 2. The maximum atomic E-state index is 13.5. The minimum atomic E-state index is -0.418. The first-order valence-electron chi connectivity index (χ1n) is 8.24. The molecule has 1 fully saturated rings. The normalized spacial score (nSPS) is 16.4. The molecule has 1 N–H and O–H groups in total. The van der Waals surface area contributed by atoms with Crippen LogP contribution in [0.25, 0.3) is 0 Å². The van der Waals surface area contributed by atoms with E-state index in [4.69, 9.17) is 0 Å². The minimum absolute atomic E-state index is 0.188. The van der Waals surface area contributed by atoms with Crippen molar-refractivity contribution in [1.82, 2.24) is 9.80 Å². The number of carbonyl (C=O) groups is 1. The second-order valence-corrected chi connectivity index (χ2v) is 5.90. The number of amides is 1. The fourth-order valence-electron chi connectivity index (χ4n) is 2.73. The summed E-state index contributed by atoms with van der Waals surface area (Å²) < 4.78 is 25.5. The average Bonchev–Trinajstić information content (AvgIpc) is 2.55. The van der Waals surface area contributed by atoms with Gasteiger partial charge in [-0.1, -0.05) is 12.1 Å². The molecule has 0 unspecified atom stereocenters. The monoisotopic (exact) mass is 325 g/mol. The Morgan fingerprint density at radius 1 is 1.04 bits per heavy atom. The van der Waals surface area contributed by atoms with Crippen molar-refractivity contribution in [2.24, 2.45) is 0 Å². The van der Waals surface area contributed by atoms with Gasteiger partial charge in [0.2, 0.25) is 5.91 Å². The van der Waals surface area contributed by atoms with Crippen LogP contribution in [0.3, 0.4) is 0 Å². The second kappa shape index (κ2) is 9.57. The Bertz CT molecular complexity index is 490. The van der Waals surface area contributed by atoms with E-state index in [2.05, 4.69) is 15.1 Å². The van der Waals surface area contributed by atoms with Gasteiger partial charge in [0.15, 0.2) is 0 Å². The predicted molar refractivity (Wildman–Crippen MR) is 87.7 cm³/mol. The molecule has 1 aliphatic heterocycles. The highest BCUT2D eigenvalue weighted by atomic mass is 19.1. The Morgan fingerprint density at radius 2 is 1.74 bits per heavy atom. The zero-order valence-electron chi connectivity index (χ0n) is 13.4. The lowest BCUT2D eigenvalue weighted by Gasteiger charge is -2.34. The van der Waals surface area contributed by atoms with E-state index in [0.717, 1.165) is 45.6 Å². The molecule has 0 radical (unpaired) electrons. The lowest BCUT2D eigenvalue weighted by atomic mass is 10.2. The predicted octanol–water partition coefficient (Wildman–Crippen LogP) is 2.52. The molecule has 1 aromatic rings. The Balaban J connectivity index is 1.66. The molecule has 2 rings (SSSR count). The van der Waals surface area contributed by atoms with E-state index in [1.165, 1.54) is 6.07 Å². The van der Waals surface area contributed by atoms with Crippen molar-refractivity contribution >= 4 is 11.6 Å². The summed E-state index contributed by atoms with van der Waals surface area (Å²) in [5.41, 5.74) is 0.226. The topological polar surface area (TPSA) is 35.6 Å². The minimum Gasteiger partial charge on any atom is -0.322 e. The first kappa shape index (κ1) is 17.8. The van der Waals surface area contributed by atoms with Gasteiger partial charge in [-0.25, -0.2) is 4.39 Å². The van der Waals surface area contributed by atoms with Gasteiger partial charge in [0.1, 0.15) is 5.82 Å². The zero-order valence-corrected chi connectivity index (χ0v) is 13.4. The summed E-state index contributed by atoms with van der Waals surface area (Å²) in [6.45, 7) is 4.54. The van der Waals surface area contributed by atoms with Crippen molar-refractivity contribution in [1.29, 1.82) is 0 Å². The Labute approximate surface area is 136 Å². The summed E-state index contributed by atoms with van der Waals surface area (Å²) >= 11 is 0. The van der Waals surface area contributed by atoms with Crippen molar-refractivity contribution < 1.29 is 13.6 Å². The van der Waals surface area contributed by atoms with Crippen molar-refractivity contribution in [3.05, 3.63) is 30.1 Å². The van der Waals surface area contributed by atoms with Crippen molar-refractivity contribution in [2.75, 3.05) is 51.3 Å². The summed E-state index contributed by atoms with van der Waals surface area (Å²) in [7, 11) is 0. The van der Waals surface area contributed by atoms with Gasteiger partial charge >= 0.3 is 0 Å². The van der Waals surface area contributed by atoms with Crippen LogP contribution in [0, 0.1) is 5.82 Å². The molecule has 6 heteroatoms. The third kappa shape index (κ3) is 6.23. The number of unbranched alkanes of at least 4 members (excludes halogenated alkanes) is 2. The standard InChI is InChI=1S/C17H25F2N3O/c18-8-4-1-5-9-21-10-12-22(13-11-21)14-17(23)20-16-7-3-2-6-15(16)19/h2-3,6-7H,1,4-5,8-14H2,(H,20,23). The zero-order chi connectivity index (χ0) is 16.5. The third-order valence-corrected chi connectivity index (χ3v) is 4.09. The Kier molecular flexibility index (Phi) is 7.42. The van der Waals surface area contributed by atoms with E-state index >= 15 is 0 Å². The van der Waals surface area contributed by atoms with Crippen LogP contribution in [0.5, 0.6) is 0 Å². The molecule has 0 aliphatic carbocycles. The molecule has 4 nitrogen and oxygen atoms in total. The highest BCUT2D eigenvalue weighted by Crippen LogP contribution is 2.12. The number of rotatable bonds is 8. The molecular weight excluding hydrogens is 300 g/mol. The van der Waals surface area contributed by atoms with Crippen molar-refractivity contribution in [2.45, 2.75) is 19.3 Å². The number of nitrogens with zero attached hydrogens (tertiary/aromatic N) is 2. The van der Waals surface area contributed by atoms with Crippen LogP contribution in [-0.4, -0.2) is 61.7 Å². The maximum Gasteiger partial charge on any atom is 0.238 e. The highest BCUT2D eigenvalue weighted by Gasteiger charge is 2.19. The van der Waals surface area contributed by atoms with Gasteiger partial charge in [-0.3, -0.25) is 14.1 Å². The van der Waals surface area contributed by atoms with Crippen molar-refractivity contribution in [3.63, 3.8) is 0 Å². The molecular formula is C17H25F2N3O. The lowest BCUT2D eigenvalue weighted by molar-refractivity contribution is -0.117. The number of para-hydroxylation sites is 1. The largest absolute Gasteiger partial charge is 0.322 e. The first-order chi connectivity index (χ1) is 11.2. The summed E-state index contributed by atoms with van der Waals surface area (Å²) in [5.74, 6) is -0.606. The smallest absolute Gasteiger partial charge is 0.238 e. The summed E-state index contributed by atoms with van der Waals surface area (Å²) in [6.07, 6.45) is 2.61. The van der Waals surface area contributed by atoms with Gasteiger partial charge in [0.25, 0.3) is 0 Å². The first-order valence-corrected chi connectivity index (χ1v) is 8.24. The van der Waals surface area contributed by atoms with Gasteiger partial charge in [0.05, 0.1) is 18.9 Å². The van der Waals surface area contributed by atoms with Crippen LogP contribution < -0.4 is 5.32 Å². The Hall–Kier alpha value is -1.53. The van der Waals surface area contributed by atoms with Gasteiger partial charge in [-0.05, 0) is 37.9 Å². The van der Waals surface area contributed by atoms with Crippen LogP contribution in [0.15, 0.2) is 24.3 Å². The molecule has 1 aliphatic rings. The Morgan fingerprint density at radius 3 is 2.43 bits per heavy atom. The van der Waals surface area contributed by atoms with Crippen LogP contribution in [0.1, 0.15) is 19.3 Å². The van der Waals surface area contributed by atoms with Gasteiger partial charge in [0, 0.05) is 26.2 Å². The molecule has 1 aromatic carbocycles. The van der Waals surface area contributed by atoms with E-state index in [1.54, 1.807) is 18.2 Å². The number of alkyl halides is 1.